The zero-order chi connectivity index (χ0) is 11.6. The second-order valence-corrected chi connectivity index (χ2v) is 4.84. The molecule has 1 amide bonds. The lowest BCUT2D eigenvalue weighted by molar-refractivity contribution is -0.00456. The van der Waals surface area contributed by atoms with Crippen molar-refractivity contribution < 1.29 is 20.1 Å². The third-order valence-corrected chi connectivity index (χ3v) is 2.66. The molecule has 1 aliphatic heterocycles. The van der Waals surface area contributed by atoms with E-state index in [-0.39, 0.29) is 12.6 Å². The zero-order valence-corrected chi connectivity index (χ0v) is 9.18. The third-order valence-electron chi connectivity index (χ3n) is 2.66. The van der Waals surface area contributed by atoms with Gasteiger partial charge in [0.2, 0.25) is 0 Å². The van der Waals surface area contributed by atoms with Gasteiger partial charge in [-0.3, -0.25) is 0 Å². The molecule has 5 nitrogen and oxygen atoms in total. The fourth-order valence-corrected chi connectivity index (χ4v) is 2.03. The van der Waals surface area contributed by atoms with Crippen LogP contribution in [-0.4, -0.2) is 50.6 Å². The molecule has 0 bridgehead atoms. The first-order chi connectivity index (χ1) is 6.79. The molecule has 1 rings (SSSR count). The van der Waals surface area contributed by atoms with Crippen molar-refractivity contribution in [1.82, 2.24) is 4.90 Å². The van der Waals surface area contributed by atoms with Gasteiger partial charge in [-0.05, 0) is 33.1 Å². The molecule has 1 saturated heterocycles. The molecular formula is C10H19NO4. The van der Waals surface area contributed by atoms with Gasteiger partial charge in [-0.2, -0.15) is 0 Å². The summed E-state index contributed by atoms with van der Waals surface area (Å²) in [6, 6.07) is -0.189. The summed E-state index contributed by atoms with van der Waals surface area (Å²) >= 11 is 0. The maximum absolute atomic E-state index is 10.9. The largest absolute Gasteiger partial charge is 0.465 e. The molecule has 0 aromatic carbocycles. The molecule has 88 valence electrons. The van der Waals surface area contributed by atoms with Gasteiger partial charge in [0, 0.05) is 6.04 Å². The maximum Gasteiger partial charge on any atom is 0.407 e. The summed E-state index contributed by atoms with van der Waals surface area (Å²) in [5.41, 5.74) is -0.874. The Bertz CT molecular complexity index is 236. The number of carboxylic acid groups (broad SMARTS) is 1. The van der Waals surface area contributed by atoms with E-state index < -0.39 is 17.8 Å². The van der Waals surface area contributed by atoms with Crippen LogP contribution in [0.25, 0.3) is 0 Å². The number of nitrogens with zero attached hydrogens (tertiary/aromatic N) is 1. The molecule has 3 N–H and O–H groups in total. The Morgan fingerprint density at radius 2 is 2.07 bits per heavy atom. The van der Waals surface area contributed by atoms with Crippen LogP contribution in [0.1, 0.15) is 33.1 Å². The van der Waals surface area contributed by atoms with Crippen molar-refractivity contribution in [2.24, 2.45) is 0 Å². The molecule has 1 aliphatic rings. The van der Waals surface area contributed by atoms with Gasteiger partial charge >= 0.3 is 6.09 Å². The highest BCUT2D eigenvalue weighted by molar-refractivity contribution is 5.65. The number of hydrogen-bond donors (Lipinski definition) is 3. The third kappa shape index (κ3) is 3.68. The van der Waals surface area contributed by atoms with Gasteiger partial charge in [0.25, 0.3) is 0 Å². The van der Waals surface area contributed by atoms with Crippen LogP contribution in [0.15, 0.2) is 0 Å². The maximum atomic E-state index is 10.9. The average Bonchev–Trinajstić information content (AvgIpc) is 2.05. The van der Waals surface area contributed by atoms with Crippen LogP contribution in [0.2, 0.25) is 0 Å². The van der Waals surface area contributed by atoms with Gasteiger partial charge in [0.05, 0.1) is 18.2 Å². The highest BCUT2D eigenvalue weighted by Crippen LogP contribution is 2.24. The predicted octanol–water partition coefficient (Wildman–Crippen LogP) is 0.651. The van der Waals surface area contributed by atoms with Gasteiger partial charge in [-0.25, -0.2) is 4.79 Å². The first kappa shape index (κ1) is 12.3. The fraction of sp³-hybridized carbons (Fsp3) is 0.900. The standard InChI is InChI=1S/C10H19NO4/c1-10(2,15)5-7-3-4-8(12)6-11(7)9(13)14/h7-8,12,15H,3-6H2,1-2H3,(H,13,14). The van der Waals surface area contributed by atoms with Crippen molar-refractivity contribution in [2.75, 3.05) is 6.54 Å². The molecule has 2 atom stereocenters. The monoisotopic (exact) mass is 217 g/mol. The number of likely N-dealkylation sites (tertiary alicyclic amines) is 1. The topological polar surface area (TPSA) is 81.0 Å². The molecule has 0 aromatic rings. The van der Waals surface area contributed by atoms with Crippen molar-refractivity contribution in [1.29, 1.82) is 0 Å². The summed E-state index contributed by atoms with van der Waals surface area (Å²) in [4.78, 5) is 12.2. The molecule has 1 heterocycles. The smallest absolute Gasteiger partial charge is 0.407 e. The Morgan fingerprint density at radius 3 is 2.53 bits per heavy atom. The Balaban J connectivity index is 2.65. The number of β-amino-alcohol motifs (C(OH)–C–C–N with tert-alkyl or cyclic N) is 1. The molecule has 2 unspecified atom stereocenters. The lowest BCUT2D eigenvalue weighted by Crippen LogP contribution is -2.50. The van der Waals surface area contributed by atoms with Gasteiger partial charge in [-0.15, -0.1) is 0 Å². The molecule has 15 heavy (non-hydrogen) atoms. The Labute approximate surface area is 89.3 Å². The highest BCUT2D eigenvalue weighted by atomic mass is 16.4. The molecule has 0 aliphatic carbocycles. The van der Waals surface area contributed by atoms with Gasteiger partial charge in [0.1, 0.15) is 0 Å². The normalized spacial score (nSPS) is 27.9. The minimum Gasteiger partial charge on any atom is -0.465 e. The van der Waals surface area contributed by atoms with E-state index in [4.69, 9.17) is 5.11 Å². The summed E-state index contributed by atoms with van der Waals surface area (Å²) in [7, 11) is 0. The Hall–Kier alpha value is -0.810. The van der Waals surface area contributed by atoms with Crippen LogP contribution in [0.4, 0.5) is 4.79 Å². The number of aliphatic hydroxyl groups excluding tert-OH is 1. The number of rotatable bonds is 2. The minimum absolute atomic E-state index is 0.149. The van der Waals surface area contributed by atoms with E-state index in [9.17, 15) is 15.0 Å². The molecular weight excluding hydrogens is 198 g/mol. The van der Waals surface area contributed by atoms with Crippen molar-refractivity contribution in [3.63, 3.8) is 0 Å². The molecule has 5 heteroatoms. The fourth-order valence-electron chi connectivity index (χ4n) is 2.03. The first-order valence-electron chi connectivity index (χ1n) is 5.19. The van der Waals surface area contributed by atoms with Crippen LogP contribution < -0.4 is 0 Å². The van der Waals surface area contributed by atoms with E-state index in [0.29, 0.717) is 19.3 Å². The summed E-state index contributed by atoms with van der Waals surface area (Å²) in [6.07, 6.45) is 0.0238. The quantitative estimate of drug-likeness (QED) is 0.634. The second-order valence-electron chi connectivity index (χ2n) is 4.84. The minimum atomic E-state index is -1.02. The van der Waals surface area contributed by atoms with E-state index >= 15 is 0 Å². The average molecular weight is 217 g/mol. The summed E-state index contributed by atoms with van der Waals surface area (Å²) in [5.74, 6) is 0. The summed E-state index contributed by atoms with van der Waals surface area (Å²) < 4.78 is 0. The Kier molecular flexibility index (Phi) is 3.57. The first-order valence-corrected chi connectivity index (χ1v) is 5.19. The van der Waals surface area contributed by atoms with Crippen molar-refractivity contribution >= 4 is 6.09 Å². The van der Waals surface area contributed by atoms with Crippen molar-refractivity contribution in [3.05, 3.63) is 0 Å². The zero-order valence-electron chi connectivity index (χ0n) is 9.18. The number of piperidine rings is 1. The summed E-state index contributed by atoms with van der Waals surface area (Å²) in [5, 5.41) is 28.0. The molecule has 0 spiro atoms. The van der Waals surface area contributed by atoms with Gasteiger partial charge in [0.15, 0.2) is 0 Å². The van der Waals surface area contributed by atoms with Gasteiger partial charge < -0.3 is 20.2 Å². The number of aliphatic hydroxyl groups is 2. The van der Waals surface area contributed by atoms with E-state index in [2.05, 4.69) is 0 Å². The molecule has 0 radical (unpaired) electrons. The molecule has 0 saturated carbocycles. The number of amides is 1. The van der Waals surface area contributed by atoms with Crippen LogP contribution in [0.5, 0.6) is 0 Å². The number of hydrogen-bond acceptors (Lipinski definition) is 3. The molecule has 0 aromatic heterocycles. The predicted molar refractivity (Wildman–Crippen MR) is 54.7 cm³/mol. The van der Waals surface area contributed by atoms with Crippen molar-refractivity contribution in [2.45, 2.75) is 50.9 Å². The number of carbonyl (C=O) groups is 1. The van der Waals surface area contributed by atoms with Crippen LogP contribution in [0, 0.1) is 0 Å². The summed E-state index contributed by atoms with van der Waals surface area (Å²) in [6.45, 7) is 3.48. The molecule has 1 fully saturated rings. The highest BCUT2D eigenvalue weighted by Gasteiger charge is 2.33. The van der Waals surface area contributed by atoms with E-state index in [1.165, 1.54) is 4.90 Å². The van der Waals surface area contributed by atoms with Crippen LogP contribution in [0.3, 0.4) is 0 Å². The SMILES string of the molecule is CC(C)(O)CC1CCC(O)CN1C(=O)O. The van der Waals surface area contributed by atoms with E-state index in [0.717, 1.165) is 0 Å². The van der Waals surface area contributed by atoms with Crippen LogP contribution in [-0.2, 0) is 0 Å². The lowest BCUT2D eigenvalue weighted by Gasteiger charge is -2.38. The Morgan fingerprint density at radius 1 is 1.47 bits per heavy atom. The second kappa shape index (κ2) is 4.37. The van der Waals surface area contributed by atoms with E-state index in [1.54, 1.807) is 13.8 Å². The lowest BCUT2D eigenvalue weighted by atomic mass is 9.91. The van der Waals surface area contributed by atoms with E-state index in [1.807, 2.05) is 0 Å². The van der Waals surface area contributed by atoms with Crippen molar-refractivity contribution in [3.8, 4) is 0 Å². The van der Waals surface area contributed by atoms with Gasteiger partial charge in [-0.1, -0.05) is 0 Å². The van der Waals surface area contributed by atoms with Crippen LogP contribution >= 0.6 is 0 Å².